The predicted molar refractivity (Wildman–Crippen MR) is 52.5 cm³/mol. The molecule has 0 spiro atoms. The van der Waals surface area contributed by atoms with Crippen LogP contribution in [-0.4, -0.2) is 36.0 Å². The Bertz CT molecular complexity index is 241. The number of rotatable bonds is 2. The molecule has 2 aliphatic carbocycles. The molecule has 3 heteroatoms. The molecule has 0 aromatic heterocycles. The molecule has 2 saturated carbocycles. The highest BCUT2D eigenvalue weighted by molar-refractivity contribution is 5.08. The quantitative estimate of drug-likeness (QED) is 0.721. The molecular weight excluding hydrogens is 178 g/mol. The zero-order valence-electron chi connectivity index (χ0n) is 8.78. The van der Waals surface area contributed by atoms with E-state index in [-0.39, 0.29) is 5.41 Å². The van der Waals surface area contributed by atoms with E-state index in [0.717, 1.165) is 18.8 Å². The summed E-state index contributed by atoms with van der Waals surface area (Å²) in [6.07, 6.45) is 6.46. The summed E-state index contributed by atoms with van der Waals surface area (Å²) in [6.45, 7) is 0.309. The number of hydrogen-bond acceptors (Lipinski definition) is 3. The Morgan fingerprint density at radius 2 is 2.21 bits per heavy atom. The topological polar surface area (TPSA) is 32.7 Å². The van der Waals surface area contributed by atoms with Crippen molar-refractivity contribution in [1.82, 2.24) is 5.06 Å². The molecule has 3 fully saturated rings. The third-order valence-electron chi connectivity index (χ3n) is 4.39. The fourth-order valence-corrected chi connectivity index (χ4v) is 3.64. The van der Waals surface area contributed by atoms with Crippen molar-refractivity contribution in [2.45, 2.75) is 44.2 Å². The first kappa shape index (κ1) is 9.13. The zero-order chi connectivity index (χ0) is 9.76. The lowest BCUT2D eigenvalue weighted by Crippen LogP contribution is -2.43. The van der Waals surface area contributed by atoms with Crippen LogP contribution < -0.4 is 0 Å². The first-order valence-electron chi connectivity index (χ1n) is 5.78. The smallest absolute Gasteiger partial charge is 0.0887 e. The van der Waals surface area contributed by atoms with Gasteiger partial charge in [-0.1, -0.05) is 0 Å². The van der Waals surface area contributed by atoms with Crippen LogP contribution in [0.3, 0.4) is 0 Å². The maximum absolute atomic E-state index is 9.69. The average Bonchev–Trinajstić information content (AvgIpc) is 2.83. The Morgan fingerprint density at radius 3 is 2.86 bits per heavy atom. The molecule has 1 aliphatic heterocycles. The summed E-state index contributed by atoms with van der Waals surface area (Å²) in [7, 11) is 2.04. The van der Waals surface area contributed by atoms with Gasteiger partial charge in [-0.05, 0) is 38.0 Å². The molecule has 3 aliphatic rings. The van der Waals surface area contributed by atoms with Crippen molar-refractivity contribution in [3.05, 3.63) is 0 Å². The summed E-state index contributed by atoms with van der Waals surface area (Å²) in [5.74, 6) is 0.787. The van der Waals surface area contributed by atoms with Gasteiger partial charge in [0.25, 0.3) is 0 Å². The third kappa shape index (κ3) is 1.03. The standard InChI is InChI=1S/C11H19NO2/c1-12-10(8-4-5-8)11(7-13)6-2-3-9(11)14-12/h8-10,13H,2-7H2,1H3/t9-,10+,11-/m1/s1. The lowest BCUT2D eigenvalue weighted by Gasteiger charge is -2.32. The predicted octanol–water partition coefficient (Wildman–Crippen LogP) is 1.17. The first-order valence-corrected chi connectivity index (χ1v) is 5.78. The number of hydroxylamine groups is 2. The molecule has 0 unspecified atom stereocenters. The summed E-state index contributed by atoms with van der Waals surface area (Å²) in [4.78, 5) is 5.87. The summed E-state index contributed by atoms with van der Waals surface area (Å²) < 4.78 is 0. The van der Waals surface area contributed by atoms with Gasteiger partial charge in [0.2, 0.25) is 0 Å². The second kappa shape index (κ2) is 2.94. The van der Waals surface area contributed by atoms with Crippen molar-refractivity contribution >= 4 is 0 Å². The number of nitrogens with zero attached hydrogens (tertiary/aromatic N) is 1. The van der Waals surface area contributed by atoms with E-state index < -0.39 is 0 Å². The molecule has 14 heavy (non-hydrogen) atoms. The van der Waals surface area contributed by atoms with Gasteiger partial charge in [-0.2, -0.15) is 5.06 Å². The van der Waals surface area contributed by atoms with Crippen molar-refractivity contribution in [1.29, 1.82) is 0 Å². The highest BCUT2D eigenvalue weighted by Gasteiger charge is 2.60. The van der Waals surface area contributed by atoms with Crippen LogP contribution in [0.25, 0.3) is 0 Å². The number of hydrogen-bond donors (Lipinski definition) is 1. The highest BCUT2D eigenvalue weighted by Crippen LogP contribution is 2.55. The van der Waals surface area contributed by atoms with Crippen molar-refractivity contribution in [2.75, 3.05) is 13.7 Å². The molecule has 0 aromatic rings. The molecule has 0 radical (unpaired) electrons. The fraction of sp³-hybridized carbons (Fsp3) is 1.00. The van der Waals surface area contributed by atoms with E-state index in [9.17, 15) is 5.11 Å². The Morgan fingerprint density at radius 1 is 1.43 bits per heavy atom. The molecular formula is C11H19NO2. The van der Waals surface area contributed by atoms with Crippen LogP contribution in [0.1, 0.15) is 32.1 Å². The monoisotopic (exact) mass is 197 g/mol. The lowest BCUT2D eigenvalue weighted by atomic mass is 9.76. The summed E-state index contributed by atoms with van der Waals surface area (Å²) >= 11 is 0. The van der Waals surface area contributed by atoms with Gasteiger partial charge in [-0.15, -0.1) is 0 Å². The first-order chi connectivity index (χ1) is 6.78. The molecule has 3 atom stereocenters. The van der Waals surface area contributed by atoms with Gasteiger partial charge in [0, 0.05) is 18.5 Å². The highest BCUT2D eigenvalue weighted by atomic mass is 16.7. The van der Waals surface area contributed by atoms with Gasteiger partial charge in [0.1, 0.15) is 0 Å². The second-order valence-electron chi connectivity index (χ2n) is 5.21. The van der Waals surface area contributed by atoms with Crippen LogP contribution >= 0.6 is 0 Å². The molecule has 0 bridgehead atoms. The summed E-state index contributed by atoms with van der Waals surface area (Å²) in [6, 6.07) is 0.486. The Balaban J connectivity index is 1.92. The largest absolute Gasteiger partial charge is 0.396 e. The summed E-state index contributed by atoms with van der Waals surface area (Å²) in [5.41, 5.74) is 0.0793. The minimum Gasteiger partial charge on any atom is -0.396 e. The molecule has 0 amide bonds. The fourth-order valence-electron chi connectivity index (χ4n) is 3.64. The van der Waals surface area contributed by atoms with Gasteiger partial charge in [-0.25, -0.2) is 0 Å². The number of fused-ring (bicyclic) bond motifs is 1. The van der Waals surface area contributed by atoms with E-state index in [1.807, 2.05) is 12.1 Å². The number of aliphatic hydroxyl groups is 1. The Kier molecular flexibility index (Phi) is 1.92. The van der Waals surface area contributed by atoms with Gasteiger partial charge < -0.3 is 5.11 Å². The SMILES string of the molecule is CN1O[C@@H]2CCC[C@]2(CO)[C@@H]1C1CC1. The van der Waals surface area contributed by atoms with Gasteiger partial charge >= 0.3 is 0 Å². The molecule has 3 rings (SSSR count). The van der Waals surface area contributed by atoms with Gasteiger partial charge in [0.05, 0.1) is 12.7 Å². The lowest BCUT2D eigenvalue weighted by molar-refractivity contribution is -0.146. The molecule has 1 N–H and O–H groups in total. The minimum absolute atomic E-state index is 0.0793. The van der Waals surface area contributed by atoms with E-state index in [4.69, 9.17) is 4.84 Å². The Labute approximate surface area is 85.0 Å². The van der Waals surface area contributed by atoms with Gasteiger partial charge in [0.15, 0.2) is 0 Å². The van der Waals surface area contributed by atoms with E-state index in [1.165, 1.54) is 19.3 Å². The normalized spacial score (nSPS) is 48.4. The third-order valence-corrected chi connectivity index (χ3v) is 4.39. The van der Waals surface area contributed by atoms with Crippen LogP contribution in [0, 0.1) is 11.3 Å². The molecule has 0 aromatic carbocycles. The molecule has 1 saturated heterocycles. The number of aliphatic hydroxyl groups excluding tert-OH is 1. The van der Waals surface area contributed by atoms with Crippen molar-refractivity contribution in [2.24, 2.45) is 11.3 Å². The van der Waals surface area contributed by atoms with E-state index >= 15 is 0 Å². The van der Waals surface area contributed by atoms with Crippen LogP contribution in [0.2, 0.25) is 0 Å². The van der Waals surface area contributed by atoms with Crippen LogP contribution in [0.5, 0.6) is 0 Å². The Hall–Kier alpha value is -0.120. The van der Waals surface area contributed by atoms with Crippen molar-refractivity contribution in [3.8, 4) is 0 Å². The molecule has 80 valence electrons. The zero-order valence-corrected chi connectivity index (χ0v) is 8.78. The van der Waals surface area contributed by atoms with E-state index in [1.54, 1.807) is 0 Å². The van der Waals surface area contributed by atoms with Crippen LogP contribution in [0.4, 0.5) is 0 Å². The van der Waals surface area contributed by atoms with Crippen molar-refractivity contribution in [3.63, 3.8) is 0 Å². The molecule has 3 nitrogen and oxygen atoms in total. The average molecular weight is 197 g/mol. The van der Waals surface area contributed by atoms with Crippen LogP contribution in [-0.2, 0) is 4.84 Å². The van der Waals surface area contributed by atoms with E-state index in [2.05, 4.69) is 0 Å². The maximum Gasteiger partial charge on any atom is 0.0887 e. The minimum atomic E-state index is 0.0793. The second-order valence-corrected chi connectivity index (χ2v) is 5.21. The maximum atomic E-state index is 9.69. The van der Waals surface area contributed by atoms with Gasteiger partial charge in [-0.3, -0.25) is 4.84 Å². The van der Waals surface area contributed by atoms with Crippen molar-refractivity contribution < 1.29 is 9.94 Å². The summed E-state index contributed by atoms with van der Waals surface area (Å²) in [5, 5.41) is 11.7. The molecule has 1 heterocycles. The van der Waals surface area contributed by atoms with Crippen LogP contribution in [0.15, 0.2) is 0 Å². The van der Waals surface area contributed by atoms with E-state index in [0.29, 0.717) is 18.8 Å².